The van der Waals surface area contributed by atoms with Crippen molar-refractivity contribution in [1.29, 1.82) is 0 Å². The lowest BCUT2D eigenvalue weighted by Crippen LogP contribution is -2.26. The van der Waals surface area contributed by atoms with E-state index in [1.807, 2.05) is 32.9 Å². The fourth-order valence-corrected chi connectivity index (χ4v) is 2.15. The van der Waals surface area contributed by atoms with Crippen LogP contribution < -0.4 is 5.32 Å². The van der Waals surface area contributed by atoms with Crippen LogP contribution in [0.3, 0.4) is 0 Å². The summed E-state index contributed by atoms with van der Waals surface area (Å²) >= 11 is 0. The molecule has 18 heavy (non-hydrogen) atoms. The third kappa shape index (κ3) is 3.97. The molecule has 0 amide bonds. The largest absolute Gasteiger partial charge is 0.390 e. The fraction of sp³-hybridized carbons (Fsp3) is 0.500. The lowest BCUT2D eigenvalue weighted by atomic mass is 9.96. The van der Waals surface area contributed by atoms with Crippen LogP contribution in [0.1, 0.15) is 34.1 Å². The molecule has 2 heteroatoms. The van der Waals surface area contributed by atoms with Crippen molar-refractivity contribution < 1.29 is 5.11 Å². The van der Waals surface area contributed by atoms with Crippen LogP contribution in [0, 0.1) is 0 Å². The second-order valence-corrected chi connectivity index (χ2v) is 5.46. The number of nitrogens with one attached hydrogen (secondary N) is 1. The Hall–Kier alpha value is -1.12. The number of allylic oxidation sites excluding steroid dienone is 1. The molecular weight excluding hydrogens is 222 g/mol. The van der Waals surface area contributed by atoms with Crippen molar-refractivity contribution in [3.05, 3.63) is 47.6 Å². The highest BCUT2D eigenvalue weighted by atomic mass is 16.3. The molecule has 2 N–H and O–H groups in total. The van der Waals surface area contributed by atoms with Crippen molar-refractivity contribution in [1.82, 2.24) is 5.32 Å². The molecular formula is C16H25NO. The first kappa shape index (κ1) is 14.9. The molecule has 0 aromatic carbocycles. The Balaban J connectivity index is 2.78. The molecule has 0 saturated heterocycles. The van der Waals surface area contributed by atoms with Gasteiger partial charge in [-0.3, -0.25) is 0 Å². The quantitative estimate of drug-likeness (QED) is 0.732. The van der Waals surface area contributed by atoms with E-state index >= 15 is 0 Å². The van der Waals surface area contributed by atoms with Crippen molar-refractivity contribution in [2.45, 2.75) is 45.8 Å². The molecule has 0 fully saturated rings. The maximum Gasteiger partial charge on any atom is 0.0626 e. The van der Waals surface area contributed by atoms with Gasteiger partial charge in [-0.05, 0) is 45.3 Å². The van der Waals surface area contributed by atoms with Crippen LogP contribution in [0.15, 0.2) is 47.6 Å². The van der Waals surface area contributed by atoms with Crippen molar-refractivity contribution >= 4 is 0 Å². The zero-order chi connectivity index (χ0) is 13.8. The summed E-state index contributed by atoms with van der Waals surface area (Å²) in [5.41, 5.74) is 3.21. The van der Waals surface area contributed by atoms with Gasteiger partial charge in [-0.15, -0.1) is 0 Å². The highest BCUT2D eigenvalue weighted by molar-refractivity contribution is 5.44. The number of aliphatic hydroxyl groups is 1. The van der Waals surface area contributed by atoms with Gasteiger partial charge in [0.1, 0.15) is 0 Å². The zero-order valence-corrected chi connectivity index (χ0v) is 12.0. The minimum Gasteiger partial charge on any atom is -0.390 e. The lowest BCUT2D eigenvalue weighted by molar-refractivity contribution is 0.0839. The molecule has 0 aromatic rings. The number of rotatable bonds is 5. The molecule has 1 aliphatic rings. The SMILES string of the molecule is C=CC1=C(C)CNC1C(/C=C\CC(C)(C)O)=C/C. The van der Waals surface area contributed by atoms with Gasteiger partial charge in [0.2, 0.25) is 0 Å². The maximum absolute atomic E-state index is 9.70. The molecule has 1 unspecified atom stereocenters. The molecule has 1 aliphatic heterocycles. The Kier molecular flexibility index (Phi) is 5.12. The summed E-state index contributed by atoms with van der Waals surface area (Å²) < 4.78 is 0. The van der Waals surface area contributed by atoms with Crippen LogP contribution in [-0.4, -0.2) is 23.3 Å². The highest BCUT2D eigenvalue weighted by Crippen LogP contribution is 2.23. The lowest BCUT2D eigenvalue weighted by Gasteiger charge is -2.16. The van der Waals surface area contributed by atoms with Crippen molar-refractivity contribution in [2.75, 3.05) is 6.54 Å². The number of hydrogen-bond donors (Lipinski definition) is 2. The van der Waals surface area contributed by atoms with Gasteiger partial charge >= 0.3 is 0 Å². The Labute approximate surface area is 111 Å². The predicted molar refractivity (Wildman–Crippen MR) is 78.5 cm³/mol. The van der Waals surface area contributed by atoms with Crippen LogP contribution >= 0.6 is 0 Å². The van der Waals surface area contributed by atoms with Gasteiger partial charge in [0.05, 0.1) is 11.6 Å². The molecule has 0 aromatic heterocycles. The Morgan fingerprint density at radius 1 is 1.56 bits per heavy atom. The summed E-state index contributed by atoms with van der Waals surface area (Å²) in [4.78, 5) is 0. The smallest absolute Gasteiger partial charge is 0.0626 e. The first-order valence-electron chi connectivity index (χ1n) is 6.49. The van der Waals surface area contributed by atoms with Crippen molar-refractivity contribution in [2.24, 2.45) is 0 Å². The van der Waals surface area contributed by atoms with Gasteiger partial charge in [0, 0.05) is 6.54 Å². The Morgan fingerprint density at radius 3 is 2.72 bits per heavy atom. The van der Waals surface area contributed by atoms with Gasteiger partial charge < -0.3 is 10.4 Å². The van der Waals surface area contributed by atoms with E-state index in [1.54, 1.807) is 0 Å². The third-order valence-electron chi connectivity index (χ3n) is 3.19. The summed E-state index contributed by atoms with van der Waals surface area (Å²) in [6, 6.07) is 0.241. The molecule has 0 radical (unpaired) electrons. The molecule has 1 rings (SSSR count). The van der Waals surface area contributed by atoms with Gasteiger partial charge in [-0.2, -0.15) is 0 Å². The summed E-state index contributed by atoms with van der Waals surface area (Å²) in [6.45, 7) is 12.6. The van der Waals surface area contributed by atoms with Crippen LogP contribution in [0.25, 0.3) is 0 Å². The standard InChI is InChI=1S/C16H25NO/c1-6-13(9-8-10-16(4,5)18)15-14(7-2)12(3)11-17-15/h6-9,15,17-18H,2,10-11H2,1,3-5H3/b9-8-,13-6+. The average molecular weight is 247 g/mol. The van der Waals surface area contributed by atoms with Crippen LogP contribution in [0.5, 0.6) is 0 Å². The van der Waals surface area contributed by atoms with Crippen LogP contribution in [-0.2, 0) is 0 Å². The van der Waals surface area contributed by atoms with E-state index in [4.69, 9.17) is 0 Å². The molecule has 100 valence electrons. The normalized spacial score (nSPS) is 22.1. The highest BCUT2D eigenvalue weighted by Gasteiger charge is 2.22. The van der Waals surface area contributed by atoms with E-state index in [0.717, 1.165) is 6.54 Å². The average Bonchev–Trinajstić information content (AvgIpc) is 2.64. The Bertz CT molecular complexity index is 394. The first-order valence-corrected chi connectivity index (χ1v) is 6.49. The van der Waals surface area contributed by atoms with Gasteiger partial charge in [-0.1, -0.05) is 36.5 Å². The topological polar surface area (TPSA) is 32.3 Å². The minimum absolute atomic E-state index is 0.241. The minimum atomic E-state index is -0.647. The van der Waals surface area contributed by atoms with E-state index in [-0.39, 0.29) is 6.04 Å². The molecule has 0 saturated carbocycles. The zero-order valence-electron chi connectivity index (χ0n) is 12.0. The van der Waals surface area contributed by atoms with Crippen LogP contribution in [0.4, 0.5) is 0 Å². The molecule has 1 atom stereocenters. The van der Waals surface area contributed by atoms with Gasteiger partial charge in [0.25, 0.3) is 0 Å². The van der Waals surface area contributed by atoms with E-state index in [1.165, 1.54) is 16.7 Å². The Morgan fingerprint density at radius 2 is 2.22 bits per heavy atom. The fourth-order valence-electron chi connectivity index (χ4n) is 2.15. The van der Waals surface area contributed by atoms with E-state index < -0.39 is 5.60 Å². The van der Waals surface area contributed by atoms with E-state index in [0.29, 0.717) is 6.42 Å². The second kappa shape index (κ2) is 6.17. The third-order valence-corrected chi connectivity index (χ3v) is 3.19. The molecule has 0 bridgehead atoms. The van der Waals surface area contributed by atoms with Gasteiger partial charge in [-0.25, -0.2) is 0 Å². The molecule has 1 heterocycles. The number of hydrogen-bond acceptors (Lipinski definition) is 2. The van der Waals surface area contributed by atoms with E-state index in [9.17, 15) is 5.11 Å². The summed E-state index contributed by atoms with van der Waals surface area (Å²) in [7, 11) is 0. The molecule has 0 spiro atoms. The second-order valence-electron chi connectivity index (χ2n) is 5.46. The van der Waals surface area contributed by atoms with E-state index in [2.05, 4.69) is 31.0 Å². The molecule has 0 aliphatic carbocycles. The summed E-state index contributed by atoms with van der Waals surface area (Å²) in [6.07, 6.45) is 8.83. The van der Waals surface area contributed by atoms with Crippen LogP contribution in [0.2, 0.25) is 0 Å². The first-order chi connectivity index (χ1) is 8.39. The van der Waals surface area contributed by atoms with Crippen molar-refractivity contribution in [3.63, 3.8) is 0 Å². The van der Waals surface area contributed by atoms with Gasteiger partial charge in [0.15, 0.2) is 0 Å². The monoisotopic (exact) mass is 247 g/mol. The maximum atomic E-state index is 9.70. The molecule has 2 nitrogen and oxygen atoms in total. The predicted octanol–water partition coefficient (Wildman–Crippen LogP) is 3.12. The summed E-state index contributed by atoms with van der Waals surface area (Å²) in [5, 5.41) is 13.2. The summed E-state index contributed by atoms with van der Waals surface area (Å²) in [5.74, 6) is 0. The van der Waals surface area contributed by atoms with Crippen molar-refractivity contribution in [3.8, 4) is 0 Å².